The molecule has 2 aromatic rings. The van der Waals surface area contributed by atoms with Crippen LogP contribution in [0.5, 0.6) is 0 Å². The number of fused-ring (bicyclic) bond motifs is 1. The summed E-state index contributed by atoms with van der Waals surface area (Å²) in [4.78, 5) is 29.0. The highest BCUT2D eigenvalue weighted by Crippen LogP contribution is 2.51. The molecule has 33 heavy (non-hydrogen) atoms. The Kier molecular flexibility index (Phi) is 6.66. The van der Waals surface area contributed by atoms with Gasteiger partial charge >= 0.3 is 0 Å². The summed E-state index contributed by atoms with van der Waals surface area (Å²) < 4.78 is 23.5. The zero-order chi connectivity index (χ0) is 24.4. The molecule has 1 aromatic heterocycles. The molecule has 10 heteroatoms. The van der Waals surface area contributed by atoms with E-state index in [0.717, 1.165) is 12.7 Å². The highest BCUT2D eigenvalue weighted by atomic mass is 32.2. The molecule has 0 radical (unpaired) electrons. The molecule has 1 unspecified atom stereocenters. The standard InChI is InChI=1S/C23H25N3O6S/c1-22(14-27)13-17(22)7-5-4-6-16-8-9-18-19(12-16)24-15-26(20(18)28)11-10-23(2,21(29)25-30)33(3,31)32/h8-9,12,15,17,27,30H,10-11,13-14H2,1-3H3,(H,25,29)/t17-,22+,23?/m0/s1. The van der Waals surface area contributed by atoms with Gasteiger partial charge in [-0.15, -0.1) is 0 Å². The molecule has 0 spiro atoms. The first-order valence-corrected chi connectivity index (χ1v) is 12.1. The number of carbonyl (C=O) groups excluding carboxylic acids is 1. The van der Waals surface area contributed by atoms with Crippen LogP contribution in [0, 0.1) is 35.0 Å². The Balaban J connectivity index is 1.80. The average molecular weight is 472 g/mol. The fraction of sp³-hybridized carbons (Fsp3) is 0.435. The van der Waals surface area contributed by atoms with Crippen molar-refractivity contribution in [2.45, 2.75) is 38.0 Å². The second-order valence-electron chi connectivity index (χ2n) is 8.76. The molecule has 0 aliphatic heterocycles. The van der Waals surface area contributed by atoms with Gasteiger partial charge in [-0.1, -0.05) is 18.8 Å². The Hall–Kier alpha value is -3.18. The van der Waals surface area contributed by atoms with Crippen molar-refractivity contribution in [1.29, 1.82) is 0 Å². The minimum atomic E-state index is -3.87. The van der Waals surface area contributed by atoms with E-state index in [0.29, 0.717) is 16.5 Å². The van der Waals surface area contributed by atoms with E-state index in [4.69, 9.17) is 5.21 Å². The van der Waals surface area contributed by atoms with Crippen LogP contribution in [0.4, 0.5) is 0 Å². The van der Waals surface area contributed by atoms with E-state index in [1.165, 1.54) is 23.3 Å². The fourth-order valence-corrected chi connectivity index (χ4v) is 4.19. The molecule has 1 saturated carbocycles. The topological polar surface area (TPSA) is 139 Å². The Morgan fingerprint density at radius 2 is 2.12 bits per heavy atom. The minimum Gasteiger partial charge on any atom is -0.396 e. The van der Waals surface area contributed by atoms with Crippen molar-refractivity contribution in [1.82, 2.24) is 15.0 Å². The Bertz CT molecular complexity index is 1390. The van der Waals surface area contributed by atoms with Crippen molar-refractivity contribution < 1.29 is 23.5 Å². The summed E-state index contributed by atoms with van der Waals surface area (Å²) in [5.41, 5.74) is 1.92. The van der Waals surface area contributed by atoms with Crippen LogP contribution in [-0.4, -0.2) is 51.8 Å². The monoisotopic (exact) mass is 471 g/mol. The highest BCUT2D eigenvalue weighted by molar-refractivity contribution is 7.92. The van der Waals surface area contributed by atoms with E-state index < -0.39 is 26.1 Å². The summed E-state index contributed by atoms with van der Waals surface area (Å²) in [5, 5.41) is 18.5. The number of benzene rings is 1. The van der Waals surface area contributed by atoms with Crippen molar-refractivity contribution in [3.05, 3.63) is 40.4 Å². The van der Waals surface area contributed by atoms with Gasteiger partial charge in [-0.05, 0) is 49.8 Å². The quantitative estimate of drug-likeness (QED) is 0.316. The summed E-state index contributed by atoms with van der Waals surface area (Å²) >= 11 is 0. The number of nitrogens with one attached hydrogen (secondary N) is 1. The maximum Gasteiger partial charge on any atom is 0.264 e. The fourth-order valence-electron chi connectivity index (χ4n) is 3.35. The number of aliphatic hydroxyl groups is 1. The molecule has 174 valence electrons. The number of hydroxylamine groups is 1. The molecular weight excluding hydrogens is 446 g/mol. The Morgan fingerprint density at radius 1 is 1.39 bits per heavy atom. The van der Waals surface area contributed by atoms with E-state index in [2.05, 4.69) is 28.7 Å². The average Bonchev–Trinajstić information content (AvgIpc) is 3.44. The molecule has 1 aliphatic rings. The lowest BCUT2D eigenvalue weighted by atomic mass is 10.1. The first kappa shape index (κ1) is 24.5. The lowest BCUT2D eigenvalue weighted by Crippen LogP contribution is -2.50. The van der Waals surface area contributed by atoms with Crippen LogP contribution in [-0.2, 0) is 21.2 Å². The highest BCUT2D eigenvalue weighted by Gasteiger charge is 2.48. The molecule has 3 N–H and O–H groups in total. The summed E-state index contributed by atoms with van der Waals surface area (Å²) in [5.74, 6) is 10.6. The Labute approximate surface area is 191 Å². The van der Waals surface area contributed by atoms with Gasteiger partial charge < -0.3 is 5.11 Å². The number of amides is 1. The second-order valence-corrected chi connectivity index (χ2v) is 11.2. The summed E-state index contributed by atoms with van der Waals surface area (Å²) in [6.07, 6.45) is 2.80. The normalized spacial score (nSPS) is 21.2. The van der Waals surface area contributed by atoms with Gasteiger partial charge in [0.05, 0.1) is 17.2 Å². The minimum absolute atomic E-state index is 0.0934. The van der Waals surface area contributed by atoms with Gasteiger partial charge in [0.1, 0.15) is 0 Å². The van der Waals surface area contributed by atoms with E-state index in [1.54, 1.807) is 18.2 Å². The summed E-state index contributed by atoms with van der Waals surface area (Å²) in [7, 11) is -3.87. The zero-order valence-electron chi connectivity index (χ0n) is 18.5. The first-order chi connectivity index (χ1) is 15.4. The number of rotatable bonds is 6. The molecule has 1 aliphatic carbocycles. The van der Waals surface area contributed by atoms with Gasteiger partial charge in [0.15, 0.2) is 14.6 Å². The van der Waals surface area contributed by atoms with E-state index in [-0.39, 0.29) is 30.9 Å². The third-order valence-corrected chi connectivity index (χ3v) is 8.31. The number of hydrogen-bond acceptors (Lipinski definition) is 7. The van der Waals surface area contributed by atoms with Gasteiger partial charge in [0.2, 0.25) is 0 Å². The number of aryl methyl sites for hydroxylation is 1. The number of carbonyl (C=O) groups is 1. The number of aliphatic hydroxyl groups excluding tert-OH is 1. The summed E-state index contributed by atoms with van der Waals surface area (Å²) in [6, 6.07) is 4.91. The van der Waals surface area contributed by atoms with Crippen molar-refractivity contribution in [3.8, 4) is 23.7 Å². The van der Waals surface area contributed by atoms with Crippen LogP contribution >= 0.6 is 0 Å². The van der Waals surface area contributed by atoms with Crippen LogP contribution in [0.2, 0.25) is 0 Å². The molecule has 1 fully saturated rings. The van der Waals surface area contributed by atoms with Crippen LogP contribution in [0.15, 0.2) is 29.3 Å². The van der Waals surface area contributed by atoms with E-state index in [9.17, 15) is 23.1 Å². The first-order valence-electron chi connectivity index (χ1n) is 10.2. The van der Waals surface area contributed by atoms with Gasteiger partial charge in [0, 0.05) is 36.3 Å². The number of aromatic nitrogens is 2. The molecule has 9 nitrogen and oxygen atoms in total. The molecule has 1 amide bonds. The SMILES string of the molecule is CC(CCn1cnc2cc(C#CC#C[C@H]3C[C@]3(C)CO)ccc2c1=O)(C(=O)NO)S(C)(=O)=O. The molecule has 0 saturated heterocycles. The van der Waals surface area contributed by atoms with Crippen molar-refractivity contribution >= 4 is 26.6 Å². The maximum absolute atomic E-state index is 12.8. The van der Waals surface area contributed by atoms with Crippen LogP contribution < -0.4 is 11.0 Å². The molecule has 3 rings (SSSR count). The van der Waals surface area contributed by atoms with Crippen molar-refractivity contribution in [2.24, 2.45) is 11.3 Å². The van der Waals surface area contributed by atoms with Gasteiger partial charge in [-0.3, -0.25) is 19.4 Å². The van der Waals surface area contributed by atoms with E-state index >= 15 is 0 Å². The second kappa shape index (κ2) is 8.99. The molecule has 0 bridgehead atoms. The molecule has 1 aromatic carbocycles. The lowest BCUT2D eigenvalue weighted by molar-refractivity contribution is -0.131. The number of hydrogen-bond donors (Lipinski definition) is 3. The number of nitrogens with zero attached hydrogens (tertiary/aromatic N) is 2. The van der Waals surface area contributed by atoms with E-state index in [1.807, 2.05) is 6.92 Å². The van der Waals surface area contributed by atoms with Crippen molar-refractivity contribution in [2.75, 3.05) is 12.9 Å². The van der Waals surface area contributed by atoms with Gasteiger partial charge in [-0.2, -0.15) is 0 Å². The lowest BCUT2D eigenvalue weighted by Gasteiger charge is -2.25. The van der Waals surface area contributed by atoms with Crippen LogP contribution in [0.1, 0.15) is 32.3 Å². The molecule has 3 atom stereocenters. The third kappa shape index (κ3) is 4.93. The van der Waals surface area contributed by atoms with Gasteiger partial charge in [-0.25, -0.2) is 18.9 Å². The predicted octanol–water partition coefficient (Wildman–Crippen LogP) is 0.469. The number of sulfone groups is 1. The molecular formula is C23H25N3O6S. The van der Waals surface area contributed by atoms with Crippen LogP contribution in [0.3, 0.4) is 0 Å². The Morgan fingerprint density at radius 3 is 2.73 bits per heavy atom. The predicted molar refractivity (Wildman–Crippen MR) is 122 cm³/mol. The summed E-state index contributed by atoms with van der Waals surface area (Å²) in [6.45, 7) is 3.18. The maximum atomic E-state index is 12.8. The van der Waals surface area contributed by atoms with Gasteiger partial charge in [0.25, 0.3) is 11.5 Å². The third-order valence-electron chi connectivity index (χ3n) is 6.28. The van der Waals surface area contributed by atoms with Crippen molar-refractivity contribution in [3.63, 3.8) is 0 Å². The largest absolute Gasteiger partial charge is 0.396 e. The molecule has 1 heterocycles. The zero-order valence-corrected chi connectivity index (χ0v) is 19.4. The van der Waals surface area contributed by atoms with Crippen LogP contribution in [0.25, 0.3) is 10.9 Å². The smallest absolute Gasteiger partial charge is 0.264 e.